The fraction of sp³-hybridized carbons (Fsp3) is 0.444. The largest absolute Gasteiger partial charge is 0.432 e. The van der Waals surface area contributed by atoms with E-state index in [1.54, 1.807) is 0 Å². The van der Waals surface area contributed by atoms with Gasteiger partial charge in [-0.2, -0.15) is 13.2 Å². The van der Waals surface area contributed by atoms with Gasteiger partial charge in [0.15, 0.2) is 0 Å². The molecule has 0 aliphatic carbocycles. The van der Waals surface area contributed by atoms with Gasteiger partial charge in [0, 0.05) is 7.05 Å². The number of rotatable bonds is 3. The predicted octanol–water partition coefficient (Wildman–Crippen LogP) is 3.14. The molecule has 0 saturated heterocycles. The number of hydrogen-bond donors (Lipinski definition) is 0. The molecule has 0 heterocycles. The zero-order chi connectivity index (χ0) is 10.5. The molecule has 13 heavy (non-hydrogen) atoms. The topological polar surface area (TPSA) is 12.4 Å². The quantitative estimate of drug-likeness (QED) is 0.480. The van der Waals surface area contributed by atoms with E-state index in [0.717, 1.165) is 13.1 Å². The molecule has 0 saturated carbocycles. The summed E-state index contributed by atoms with van der Waals surface area (Å²) in [4.78, 5) is 3.13. The fourth-order valence-corrected chi connectivity index (χ4v) is 0.610. The van der Waals surface area contributed by atoms with Crippen molar-refractivity contribution in [2.75, 3.05) is 7.05 Å². The van der Waals surface area contributed by atoms with Crippen LogP contribution >= 0.6 is 0 Å². The molecule has 0 bridgehead atoms. The summed E-state index contributed by atoms with van der Waals surface area (Å²) >= 11 is 0. The highest BCUT2D eigenvalue weighted by Crippen LogP contribution is 2.18. The number of nitrogens with zero attached hydrogens (tertiary/aromatic N) is 1. The standard InChI is InChI=1S/C9H12F3N/c1-4-7(2)5-6-8(13-3)9(10,11)12/h5-6H,2,4H2,1,3H3/b6-5-,13-8?. The van der Waals surface area contributed by atoms with Gasteiger partial charge in [-0.25, -0.2) is 0 Å². The van der Waals surface area contributed by atoms with Crippen LogP contribution in [0.4, 0.5) is 13.2 Å². The van der Waals surface area contributed by atoms with Crippen LogP contribution in [-0.4, -0.2) is 18.9 Å². The Balaban J connectivity index is 4.50. The van der Waals surface area contributed by atoms with Crippen LogP contribution in [-0.2, 0) is 0 Å². The summed E-state index contributed by atoms with van der Waals surface area (Å²) in [6.07, 6.45) is -1.48. The highest BCUT2D eigenvalue weighted by Gasteiger charge is 2.32. The van der Waals surface area contributed by atoms with Crippen LogP contribution in [0.2, 0.25) is 0 Å². The molecule has 0 aliphatic heterocycles. The van der Waals surface area contributed by atoms with Crippen molar-refractivity contribution in [3.05, 3.63) is 24.3 Å². The van der Waals surface area contributed by atoms with E-state index in [1.165, 1.54) is 6.08 Å². The second kappa shape index (κ2) is 4.84. The first-order chi connectivity index (χ1) is 5.91. The number of alkyl halides is 3. The third-order valence-corrected chi connectivity index (χ3v) is 1.46. The summed E-state index contributed by atoms with van der Waals surface area (Å²) in [6, 6.07) is 0. The average Bonchev–Trinajstić information content (AvgIpc) is 2.02. The molecule has 1 nitrogen and oxygen atoms in total. The van der Waals surface area contributed by atoms with Crippen molar-refractivity contribution in [3.63, 3.8) is 0 Å². The zero-order valence-corrected chi connectivity index (χ0v) is 7.65. The Morgan fingerprint density at radius 3 is 2.23 bits per heavy atom. The monoisotopic (exact) mass is 191 g/mol. The van der Waals surface area contributed by atoms with Crippen LogP contribution in [0.15, 0.2) is 29.3 Å². The smallest absolute Gasteiger partial charge is 0.284 e. The molecule has 0 aliphatic rings. The second-order valence-corrected chi connectivity index (χ2v) is 2.45. The molecule has 0 fully saturated rings. The Hall–Kier alpha value is -1.06. The van der Waals surface area contributed by atoms with Crippen molar-refractivity contribution < 1.29 is 13.2 Å². The van der Waals surface area contributed by atoms with Gasteiger partial charge in [0.1, 0.15) is 5.71 Å². The molecule has 0 radical (unpaired) electrons. The van der Waals surface area contributed by atoms with E-state index in [-0.39, 0.29) is 0 Å². The molecule has 0 unspecified atom stereocenters. The molecule has 4 heteroatoms. The molecule has 0 amide bonds. The number of aliphatic imine (C=N–C) groups is 1. The van der Waals surface area contributed by atoms with E-state index in [9.17, 15) is 13.2 Å². The van der Waals surface area contributed by atoms with Crippen LogP contribution < -0.4 is 0 Å². The van der Waals surface area contributed by atoms with E-state index in [4.69, 9.17) is 0 Å². The molecular formula is C9H12F3N. The predicted molar refractivity (Wildman–Crippen MR) is 48.0 cm³/mol. The van der Waals surface area contributed by atoms with Gasteiger partial charge in [0.25, 0.3) is 0 Å². The lowest BCUT2D eigenvalue weighted by Gasteiger charge is -2.04. The Morgan fingerprint density at radius 1 is 1.38 bits per heavy atom. The first kappa shape index (κ1) is 11.9. The van der Waals surface area contributed by atoms with Crippen molar-refractivity contribution in [2.24, 2.45) is 4.99 Å². The van der Waals surface area contributed by atoms with E-state index >= 15 is 0 Å². The molecule has 0 rings (SSSR count). The molecule has 0 N–H and O–H groups in total. The second-order valence-electron chi connectivity index (χ2n) is 2.45. The van der Waals surface area contributed by atoms with E-state index in [2.05, 4.69) is 11.6 Å². The summed E-state index contributed by atoms with van der Waals surface area (Å²) < 4.78 is 36.2. The van der Waals surface area contributed by atoms with Crippen molar-refractivity contribution in [2.45, 2.75) is 19.5 Å². The normalized spacial score (nSPS) is 13.8. The summed E-state index contributed by atoms with van der Waals surface area (Å²) in [5, 5.41) is 0. The summed E-state index contributed by atoms with van der Waals surface area (Å²) in [7, 11) is 1.11. The van der Waals surface area contributed by atoms with Gasteiger partial charge in [-0.1, -0.05) is 25.2 Å². The lowest BCUT2D eigenvalue weighted by Crippen LogP contribution is -2.20. The summed E-state index contributed by atoms with van der Waals surface area (Å²) in [5.41, 5.74) is -0.243. The number of halogens is 3. The van der Waals surface area contributed by atoms with E-state index in [0.29, 0.717) is 12.0 Å². The summed E-state index contributed by atoms with van der Waals surface area (Å²) in [5.74, 6) is 0. The van der Waals surface area contributed by atoms with Gasteiger partial charge in [0.2, 0.25) is 0 Å². The first-order valence-corrected chi connectivity index (χ1v) is 3.81. The van der Waals surface area contributed by atoms with Crippen molar-refractivity contribution in [1.29, 1.82) is 0 Å². The fourth-order valence-electron chi connectivity index (χ4n) is 0.610. The van der Waals surface area contributed by atoms with Crippen molar-refractivity contribution >= 4 is 5.71 Å². The lowest BCUT2D eigenvalue weighted by atomic mass is 10.2. The van der Waals surface area contributed by atoms with Gasteiger partial charge in [-0.05, 0) is 12.5 Å². The third-order valence-electron chi connectivity index (χ3n) is 1.46. The lowest BCUT2D eigenvalue weighted by molar-refractivity contribution is -0.0577. The third kappa shape index (κ3) is 4.50. The molecule has 0 atom stereocenters. The van der Waals surface area contributed by atoms with Gasteiger partial charge >= 0.3 is 6.18 Å². The Kier molecular flexibility index (Phi) is 4.45. The minimum absolute atomic E-state index is 0.630. The molecule has 0 aromatic rings. The Bertz CT molecular complexity index is 236. The minimum atomic E-state index is -4.38. The van der Waals surface area contributed by atoms with Crippen LogP contribution in [0.3, 0.4) is 0 Å². The van der Waals surface area contributed by atoms with Gasteiger partial charge < -0.3 is 0 Å². The highest BCUT2D eigenvalue weighted by atomic mass is 19.4. The molecular weight excluding hydrogens is 179 g/mol. The maximum absolute atomic E-state index is 12.1. The average molecular weight is 191 g/mol. The molecule has 0 aromatic heterocycles. The first-order valence-electron chi connectivity index (χ1n) is 3.81. The van der Waals surface area contributed by atoms with Crippen LogP contribution in [0.25, 0.3) is 0 Å². The van der Waals surface area contributed by atoms with Crippen molar-refractivity contribution in [1.82, 2.24) is 0 Å². The minimum Gasteiger partial charge on any atom is -0.284 e. The number of allylic oxidation sites excluding steroid dienone is 3. The van der Waals surface area contributed by atoms with Crippen LogP contribution in [0, 0.1) is 0 Å². The zero-order valence-electron chi connectivity index (χ0n) is 7.65. The molecule has 0 spiro atoms. The SMILES string of the molecule is C=C(/C=C\C(=NC)C(F)(F)F)CC. The maximum atomic E-state index is 12.1. The van der Waals surface area contributed by atoms with Crippen molar-refractivity contribution in [3.8, 4) is 0 Å². The Morgan fingerprint density at radius 2 is 1.92 bits per heavy atom. The molecule has 0 aromatic carbocycles. The molecule has 74 valence electrons. The van der Waals surface area contributed by atoms with Crippen LogP contribution in [0.5, 0.6) is 0 Å². The van der Waals surface area contributed by atoms with Gasteiger partial charge in [-0.3, -0.25) is 4.99 Å². The summed E-state index contributed by atoms with van der Waals surface area (Å²) in [6.45, 7) is 5.37. The Labute approximate surface area is 75.7 Å². The van der Waals surface area contributed by atoms with Gasteiger partial charge in [-0.15, -0.1) is 0 Å². The highest BCUT2D eigenvalue weighted by molar-refractivity contribution is 5.99. The number of hydrogen-bond acceptors (Lipinski definition) is 1. The van der Waals surface area contributed by atoms with E-state index < -0.39 is 11.9 Å². The maximum Gasteiger partial charge on any atom is 0.432 e. The van der Waals surface area contributed by atoms with Gasteiger partial charge in [0.05, 0.1) is 0 Å². The van der Waals surface area contributed by atoms with Crippen LogP contribution in [0.1, 0.15) is 13.3 Å². The van der Waals surface area contributed by atoms with E-state index in [1.807, 2.05) is 6.92 Å².